The number of ether oxygens (including phenoxy) is 1. The number of hydroxylamine groups is 1. The second kappa shape index (κ2) is 9.61. The molecule has 2 N–H and O–H groups in total. The number of fused-ring (bicyclic) bond motifs is 1. The van der Waals surface area contributed by atoms with Gasteiger partial charge in [0.2, 0.25) is 11.0 Å². The second-order valence-electron chi connectivity index (χ2n) is 8.76. The molecule has 3 rings (SSSR count). The number of rotatable bonds is 6. The number of aromatic nitrogens is 3. The Balaban J connectivity index is 1.82. The Hall–Kier alpha value is -2.72. The molecule has 1 aromatic carbocycles. The molecule has 2 atom stereocenters. The maximum absolute atomic E-state index is 13.4. The summed E-state index contributed by atoms with van der Waals surface area (Å²) in [5.74, 6) is -0.403. The van der Waals surface area contributed by atoms with Crippen LogP contribution in [0.25, 0.3) is 11.0 Å². The molecule has 10 nitrogen and oxygen atoms in total. The van der Waals surface area contributed by atoms with Crippen LogP contribution in [0.4, 0.5) is 4.79 Å². The van der Waals surface area contributed by atoms with E-state index in [1.807, 2.05) is 0 Å². The molecule has 0 saturated carbocycles. The Morgan fingerprint density at radius 3 is 2.74 bits per heavy atom. The van der Waals surface area contributed by atoms with E-state index in [0.29, 0.717) is 35.3 Å². The average molecular weight is 435 g/mol. The van der Waals surface area contributed by atoms with E-state index in [-0.39, 0.29) is 12.6 Å². The van der Waals surface area contributed by atoms with Crippen molar-refractivity contribution in [2.24, 2.45) is 0 Å². The topological polar surface area (TPSA) is 110 Å². The van der Waals surface area contributed by atoms with Gasteiger partial charge in [-0.1, -0.05) is 30.2 Å². The molecule has 2 aromatic rings. The molecule has 0 spiro atoms. The van der Waals surface area contributed by atoms with E-state index in [1.54, 1.807) is 45.0 Å². The van der Waals surface area contributed by atoms with Crippen molar-refractivity contribution in [3.63, 3.8) is 0 Å². The van der Waals surface area contributed by atoms with E-state index < -0.39 is 23.6 Å². The van der Waals surface area contributed by atoms with Crippen LogP contribution in [0.2, 0.25) is 0 Å². The molecule has 10 heteroatoms. The normalized spacial score (nSPS) is 19.5. The van der Waals surface area contributed by atoms with Crippen molar-refractivity contribution in [2.75, 3.05) is 13.2 Å². The van der Waals surface area contributed by atoms with Gasteiger partial charge in [-0.25, -0.2) is 9.59 Å². The highest BCUT2D eigenvalue weighted by molar-refractivity contribution is 5.92. The van der Waals surface area contributed by atoms with Crippen LogP contribution in [0, 0.1) is 0 Å². The molecule has 1 amide bonds. The Labute approximate surface area is 181 Å². The molecule has 1 saturated heterocycles. The first kappa shape index (κ1) is 23.0. The van der Waals surface area contributed by atoms with Crippen molar-refractivity contribution in [3.05, 3.63) is 24.3 Å². The number of likely N-dealkylation sites (tertiary alicyclic amines) is 1. The molecule has 2 heterocycles. The highest BCUT2D eigenvalue weighted by atomic mass is 16.6. The molecule has 1 aromatic heterocycles. The smallest absolute Gasteiger partial charge is 0.411 e. The van der Waals surface area contributed by atoms with Gasteiger partial charge in [-0.3, -0.25) is 4.90 Å². The Morgan fingerprint density at radius 1 is 1.29 bits per heavy atom. The maximum atomic E-state index is 13.4. The van der Waals surface area contributed by atoms with Crippen LogP contribution in [0.15, 0.2) is 24.3 Å². The minimum absolute atomic E-state index is 0.120. The largest absolute Gasteiger partial charge is 0.444 e. The minimum atomic E-state index is -0.771. The van der Waals surface area contributed by atoms with Gasteiger partial charge < -0.3 is 14.8 Å². The van der Waals surface area contributed by atoms with Crippen molar-refractivity contribution >= 4 is 23.0 Å². The number of amides is 1. The number of nitrogens with zero attached hydrogens (tertiary/aromatic N) is 4. The van der Waals surface area contributed by atoms with Gasteiger partial charge in [0.25, 0.3) is 0 Å². The van der Waals surface area contributed by atoms with Gasteiger partial charge in [-0.2, -0.15) is 5.48 Å². The first-order chi connectivity index (χ1) is 14.7. The SMILES string of the molecule is CCCCON[C@@H]1CC[C@@H](C(=O)n2n[n+](O)c3ccccc32)N(C(=O)OC(C)(C)C)C1. The third kappa shape index (κ3) is 5.50. The molecule has 31 heavy (non-hydrogen) atoms. The summed E-state index contributed by atoms with van der Waals surface area (Å²) in [5, 5.41) is 14.0. The molecular formula is C21H32N5O5+. The molecule has 170 valence electrons. The third-order valence-electron chi connectivity index (χ3n) is 5.05. The molecular weight excluding hydrogens is 402 g/mol. The van der Waals surface area contributed by atoms with Gasteiger partial charge in [0.1, 0.15) is 16.9 Å². The fourth-order valence-corrected chi connectivity index (χ4v) is 3.54. The van der Waals surface area contributed by atoms with Crippen molar-refractivity contribution in [2.45, 2.75) is 71.1 Å². The van der Waals surface area contributed by atoms with Crippen LogP contribution in [0.5, 0.6) is 0 Å². The average Bonchev–Trinajstić information content (AvgIpc) is 3.06. The van der Waals surface area contributed by atoms with Crippen LogP contribution in [-0.2, 0) is 9.57 Å². The molecule has 1 fully saturated rings. The minimum Gasteiger partial charge on any atom is -0.444 e. The number of para-hydroxylation sites is 2. The lowest BCUT2D eigenvalue weighted by atomic mass is 9.98. The van der Waals surface area contributed by atoms with Gasteiger partial charge in [0.05, 0.1) is 17.5 Å². The first-order valence-electron chi connectivity index (χ1n) is 10.7. The lowest BCUT2D eigenvalue weighted by Gasteiger charge is -2.38. The summed E-state index contributed by atoms with van der Waals surface area (Å²) in [6.07, 6.45) is 2.44. The molecule has 1 aliphatic heterocycles. The summed E-state index contributed by atoms with van der Waals surface area (Å²) in [7, 11) is 0. The summed E-state index contributed by atoms with van der Waals surface area (Å²) in [4.78, 5) is 33.9. The molecule has 1 aliphatic rings. The fraction of sp³-hybridized carbons (Fsp3) is 0.619. The summed E-state index contributed by atoms with van der Waals surface area (Å²) in [6.45, 7) is 8.27. The van der Waals surface area contributed by atoms with Gasteiger partial charge in [-0.15, -0.1) is 0 Å². The fourth-order valence-electron chi connectivity index (χ4n) is 3.54. The predicted octanol–water partition coefficient (Wildman–Crippen LogP) is 2.29. The Morgan fingerprint density at radius 2 is 2.03 bits per heavy atom. The van der Waals surface area contributed by atoms with E-state index >= 15 is 0 Å². The summed E-state index contributed by atoms with van der Waals surface area (Å²) >= 11 is 0. The standard InChI is InChI=1S/C21H32N5O5/c1-5-6-13-30-22-15-11-12-18(24(14-15)20(28)31-21(2,3)4)19(27)25-16-9-7-8-10-17(16)26(29)23-25/h7-10,15,18,22H,5-6,11-14H2,1-4H3,(H,23,29)/q+1/t15-,18+/m1/s1. The number of carbonyl (C=O) groups excluding carboxylic acids is 2. The van der Waals surface area contributed by atoms with Gasteiger partial charge in [0.15, 0.2) is 0 Å². The number of benzene rings is 1. The molecule has 0 unspecified atom stereocenters. The van der Waals surface area contributed by atoms with E-state index in [0.717, 1.165) is 17.5 Å². The number of nitrogens with one attached hydrogen (secondary N) is 1. The quantitative estimate of drug-likeness (QED) is 0.311. The van der Waals surface area contributed by atoms with E-state index in [4.69, 9.17) is 9.57 Å². The monoisotopic (exact) mass is 434 g/mol. The summed E-state index contributed by atoms with van der Waals surface area (Å²) in [6, 6.07) is 5.96. The van der Waals surface area contributed by atoms with Gasteiger partial charge >= 0.3 is 12.0 Å². The number of hydrogen-bond donors (Lipinski definition) is 2. The zero-order chi connectivity index (χ0) is 22.6. The summed E-state index contributed by atoms with van der Waals surface area (Å²) < 4.78 is 6.70. The highest BCUT2D eigenvalue weighted by Crippen LogP contribution is 2.23. The van der Waals surface area contributed by atoms with E-state index in [1.165, 1.54) is 4.90 Å². The number of piperidine rings is 1. The van der Waals surface area contributed by atoms with Crippen LogP contribution in [0.3, 0.4) is 0 Å². The van der Waals surface area contributed by atoms with Crippen molar-refractivity contribution < 1.29 is 29.2 Å². The van der Waals surface area contributed by atoms with Gasteiger partial charge in [-0.05, 0) is 52.2 Å². The third-order valence-corrected chi connectivity index (χ3v) is 5.05. The van der Waals surface area contributed by atoms with Crippen LogP contribution in [-0.4, -0.2) is 62.8 Å². The number of hydrogen-bond acceptors (Lipinski definition) is 7. The Kier molecular flexibility index (Phi) is 7.11. The number of unbranched alkanes of at least 4 members (excludes halogenated alkanes) is 1. The van der Waals surface area contributed by atoms with Gasteiger partial charge in [0, 0.05) is 6.54 Å². The number of carbonyl (C=O) groups is 2. The van der Waals surface area contributed by atoms with E-state index in [2.05, 4.69) is 17.6 Å². The van der Waals surface area contributed by atoms with E-state index in [9.17, 15) is 14.8 Å². The molecule has 0 bridgehead atoms. The zero-order valence-electron chi connectivity index (χ0n) is 18.6. The Bertz CT molecular complexity index is 923. The molecule has 0 aliphatic carbocycles. The second-order valence-corrected chi connectivity index (χ2v) is 8.76. The van der Waals surface area contributed by atoms with Crippen molar-refractivity contribution in [1.82, 2.24) is 20.3 Å². The molecule has 0 radical (unpaired) electrons. The lowest BCUT2D eigenvalue weighted by Crippen LogP contribution is -2.57. The summed E-state index contributed by atoms with van der Waals surface area (Å²) in [5.41, 5.74) is 3.17. The lowest BCUT2D eigenvalue weighted by molar-refractivity contribution is -0.930. The maximum Gasteiger partial charge on any atom is 0.411 e. The van der Waals surface area contributed by atoms with Crippen LogP contribution in [0.1, 0.15) is 58.2 Å². The first-order valence-corrected chi connectivity index (χ1v) is 10.7. The highest BCUT2D eigenvalue weighted by Gasteiger charge is 2.42. The predicted molar refractivity (Wildman–Crippen MR) is 111 cm³/mol. The van der Waals surface area contributed by atoms with Crippen LogP contribution >= 0.6 is 0 Å². The van der Waals surface area contributed by atoms with Crippen molar-refractivity contribution in [1.29, 1.82) is 0 Å². The zero-order valence-corrected chi connectivity index (χ0v) is 18.6. The van der Waals surface area contributed by atoms with Crippen LogP contribution < -0.4 is 10.3 Å². The van der Waals surface area contributed by atoms with Crippen molar-refractivity contribution in [3.8, 4) is 0 Å².